The van der Waals surface area contributed by atoms with Crippen molar-refractivity contribution >= 4 is 11.6 Å². The van der Waals surface area contributed by atoms with Crippen LogP contribution in [0.1, 0.15) is 13.3 Å². The molecule has 0 spiro atoms. The molecule has 27 heavy (non-hydrogen) atoms. The lowest BCUT2D eigenvalue weighted by molar-refractivity contribution is -0.122. The van der Waals surface area contributed by atoms with Crippen molar-refractivity contribution in [1.29, 1.82) is 0 Å². The van der Waals surface area contributed by atoms with Crippen molar-refractivity contribution in [2.45, 2.75) is 13.3 Å². The first kappa shape index (κ1) is 20.3. The van der Waals surface area contributed by atoms with E-state index in [2.05, 4.69) is 0 Å². The second kappa shape index (κ2) is 9.06. The molecule has 0 saturated heterocycles. The van der Waals surface area contributed by atoms with Gasteiger partial charge in [0, 0.05) is 0 Å². The predicted molar refractivity (Wildman–Crippen MR) is 85.7 cm³/mol. The molecule has 10 heteroatoms. The van der Waals surface area contributed by atoms with Crippen LogP contribution in [0.5, 0.6) is 11.5 Å². The summed E-state index contributed by atoms with van der Waals surface area (Å²) < 4.78 is 76.8. The zero-order valence-electron chi connectivity index (χ0n) is 14.0. The summed E-state index contributed by atoms with van der Waals surface area (Å²) in [5.41, 5.74) is 2.08. The third-order valence-corrected chi connectivity index (χ3v) is 3.21. The predicted octanol–water partition coefficient (Wildman–Crippen LogP) is 3.69. The SMILES string of the molecule is CCCOc1ccccc1OCC(=O)NNc1c(F)c(F)c(F)c(F)c1F. The summed E-state index contributed by atoms with van der Waals surface area (Å²) >= 11 is 0. The molecule has 2 aromatic carbocycles. The number of amides is 1. The molecule has 0 radical (unpaired) electrons. The Morgan fingerprint density at radius 1 is 0.889 bits per heavy atom. The van der Waals surface area contributed by atoms with E-state index in [1.807, 2.05) is 6.92 Å². The minimum atomic E-state index is -2.30. The first-order chi connectivity index (χ1) is 12.9. The first-order valence-corrected chi connectivity index (χ1v) is 7.77. The molecule has 2 N–H and O–H groups in total. The van der Waals surface area contributed by atoms with Gasteiger partial charge in [0.05, 0.1) is 6.61 Å². The number of benzene rings is 2. The molecule has 0 aromatic heterocycles. The largest absolute Gasteiger partial charge is 0.490 e. The molecule has 0 aliphatic rings. The number of hydrogen-bond acceptors (Lipinski definition) is 4. The van der Waals surface area contributed by atoms with Gasteiger partial charge < -0.3 is 9.47 Å². The molecular formula is C17H15F5N2O3. The van der Waals surface area contributed by atoms with Crippen molar-refractivity contribution in [2.24, 2.45) is 0 Å². The van der Waals surface area contributed by atoms with Crippen LogP contribution in [-0.2, 0) is 4.79 Å². The summed E-state index contributed by atoms with van der Waals surface area (Å²) in [5.74, 6) is -11.1. The molecule has 0 atom stereocenters. The smallest absolute Gasteiger partial charge is 0.276 e. The van der Waals surface area contributed by atoms with Crippen LogP contribution in [0.3, 0.4) is 0 Å². The average Bonchev–Trinajstić information content (AvgIpc) is 2.68. The van der Waals surface area contributed by atoms with Gasteiger partial charge in [-0.15, -0.1) is 0 Å². The van der Waals surface area contributed by atoms with Gasteiger partial charge in [0.1, 0.15) is 5.69 Å². The Bertz CT molecular complexity index is 803. The van der Waals surface area contributed by atoms with E-state index in [9.17, 15) is 26.7 Å². The Morgan fingerprint density at radius 3 is 1.96 bits per heavy atom. The van der Waals surface area contributed by atoms with E-state index in [-0.39, 0.29) is 5.75 Å². The number of anilines is 1. The molecule has 0 saturated carbocycles. The van der Waals surface area contributed by atoms with Crippen LogP contribution in [0.4, 0.5) is 27.6 Å². The van der Waals surface area contributed by atoms with Gasteiger partial charge in [-0.25, -0.2) is 22.0 Å². The highest BCUT2D eigenvalue weighted by Gasteiger charge is 2.26. The fourth-order valence-corrected chi connectivity index (χ4v) is 1.93. The lowest BCUT2D eigenvalue weighted by Crippen LogP contribution is -2.34. The summed E-state index contributed by atoms with van der Waals surface area (Å²) in [4.78, 5) is 11.7. The molecule has 1 amide bonds. The lowest BCUT2D eigenvalue weighted by Gasteiger charge is -2.14. The first-order valence-electron chi connectivity index (χ1n) is 7.77. The van der Waals surface area contributed by atoms with Gasteiger partial charge in [-0.2, -0.15) is 0 Å². The number of nitrogens with one attached hydrogen (secondary N) is 2. The number of halogens is 5. The van der Waals surface area contributed by atoms with Crippen molar-refractivity contribution in [3.8, 4) is 11.5 Å². The molecule has 2 rings (SSSR count). The van der Waals surface area contributed by atoms with Crippen molar-refractivity contribution in [1.82, 2.24) is 5.43 Å². The second-order valence-corrected chi connectivity index (χ2v) is 5.20. The molecule has 0 aliphatic heterocycles. The monoisotopic (exact) mass is 390 g/mol. The highest BCUT2D eigenvalue weighted by molar-refractivity contribution is 5.79. The van der Waals surface area contributed by atoms with Crippen molar-refractivity contribution in [3.05, 3.63) is 53.4 Å². The molecule has 5 nitrogen and oxygen atoms in total. The fraction of sp³-hybridized carbons (Fsp3) is 0.235. The van der Waals surface area contributed by atoms with Crippen LogP contribution in [0.2, 0.25) is 0 Å². The number of carbonyl (C=O) groups is 1. The summed E-state index contributed by atoms with van der Waals surface area (Å²) in [5, 5.41) is 0. The molecule has 2 aromatic rings. The number of rotatable bonds is 8. The minimum absolute atomic E-state index is 0.248. The quantitative estimate of drug-likeness (QED) is 0.312. The molecule has 0 heterocycles. The van der Waals surface area contributed by atoms with Crippen molar-refractivity contribution in [3.63, 3.8) is 0 Å². The maximum Gasteiger partial charge on any atom is 0.276 e. The van der Waals surface area contributed by atoms with Crippen LogP contribution >= 0.6 is 0 Å². The third kappa shape index (κ3) is 4.78. The van der Waals surface area contributed by atoms with Crippen LogP contribution < -0.4 is 20.3 Å². The topological polar surface area (TPSA) is 59.6 Å². The molecule has 146 valence electrons. The maximum atomic E-state index is 13.5. The van der Waals surface area contributed by atoms with Gasteiger partial charge >= 0.3 is 0 Å². The molecule has 0 unspecified atom stereocenters. The van der Waals surface area contributed by atoms with E-state index in [0.717, 1.165) is 6.42 Å². The number of para-hydroxylation sites is 2. The molecule has 0 aliphatic carbocycles. The fourth-order valence-electron chi connectivity index (χ4n) is 1.93. The second-order valence-electron chi connectivity index (χ2n) is 5.20. The summed E-state index contributed by atoms with van der Waals surface area (Å²) in [6.45, 7) is 1.73. The van der Waals surface area contributed by atoms with Gasteiger partial charge in [0.2, 0.25) is 5.82 Å². The van der Waals surface area contributed by atoms with Gasteiger partial charge in [-0.1, -0.05) is 19.1 Å². The Kier molecular flexibility index (Phi) is 6.80. The van der Waals surface area contributed by atoms with Gasteiger partial charge in [0.15, 0.2) is 41.4 Å². The zero-order chi connectivity index (χ0) is 20.0. The highest BCUT2D eigenvalue weighted by atomic mass is 19.2. The van der Waals surface area contributed by atoms with Gasteiger partial charge in [-0.05, 0) is 18.6 Å². The molecular weight excluding hydrogens is 375 g/mol. The van der Waals surface area contributed by atoms with Crippen LogP contribution in [-0.4, -0.2) is 19.1 Å². The average molecular weight is 390 g/mol. The zero-order valence-corrected chi connectivity index (χ0v) is 14.0. The normalized spacial score (nSPS) is 10.4. The summed E-state index contributed by atoms with van der Waals surface area (Å²) in [6.07, 6.45) is 0.751. The van der Waals surface area contributed by atoms with Crippen LogP contribution in [0.25, 0.3) is 0 Å². The Labute approximate surface area is 151 Å². The minimum Gasteiger partial charge on any atom is -0.490 e. The van der Waals surface area contributed by atoms with Gasteiger partial charge in [0.25, 0.3) is 5.91 Å². The lowest BCUT2D eigenvalue weighted by atomic mass is 10.2. The standard InChI is InChI=1S/C17H15F5N2O3/c1-2-7-26-9-5-3-4-6-10(9)27-8-11(25)23-24-17-15(21)13(19)12(18)14(20)16(17)22/h3-6,24H,2,7-8H2,1H3,(H,23,25). The van der Waals surface area contributed by atoms with Crippen LogP contribution in [0, 0.1) is 29.1 Å². The Morgan fingerprint density at radius 2 is 1.41 bits per heavy atom. The highest BCUT2D eigenvalue weighted by Crippen LogP contribution is 2.27. The maximum absolute atomic E-state index is 13.5. The van der Waals surface area contributed by atoms with E-state index in [0.29, 0.717) is 12.4 Å². The molecule has 0 bridgehead atoms. The van der Waals surface area contributed by atoms with E-state index >= 15 is 0 Å². The van der Waals surface area contributed by atoms with Crippen molar-refractivity contribution in [2.75, 3.05) is 18.6 Å². The number of carbonyl (C=O) groups excluding carboxylic acids is 1. The Balaban J connectivity index is 1.99. The number of ether oxygens (including phenoxy) is 2. The van der Waals surface area contributed by atoms with E-state index in [4.69, 9.17) is 9.47 Å². The summed E-state index contributed by atoms with van der Waals surface area (Å²) in [6, 6.07) is 6.49. The number of hydrazine groups is 1. The van der Waals surface area contributed by atoms with E-state index < -0.39 is 47.3 Å². The van der Waals surface area contributed by atoms with Crippen molar-refractivity contribution < 1.29 is 36.2 Å². The van der Waals surface area contributed by atoms with Gasteiger partial charge in [-0.3, -0.25) is 15.6 Å². The number of hydrogen-bond donors (Lipinski definition) is 2. The van der Waals surface area contributed by atoms with Crippen LogP contribution in [0.15, 0.2) is 24.3 Å². The third-order valence-electron chi connectivity index (χ3n) is 3.21. The van der Waals surface area contributed by atoms with E-state index in [1.54, 1.807) is 29.1 Å². The molecule has 0 fully saturated rings. The Hall–Kier alpha value is -3.04. The summed E-state index contributed by atoms with van der Waals surface area (Å²) in [7, 11) is 0. The van der Waals surface area contributed by atoms with E-state index in [1.165, 1.54) is 6.07 Å².